The van der Waals surface area contributed by atoms with E-state index in [1.54, 1.807) is 7.05 Å². The Labute approximate surface area is 127 Å². The van der Waals surface area contributed by atoms with Gasteiger partial charge in [0.1, 0.15) is 0 Å². The molecule has 2 N–H and O–H groups in total. The van der Waals surface area contributed by atoms with Gasteiger partial charge in [-0.1, -0.05) is 0 Å². The Morgan fingerprint density at radius 1 is 1.50 bits per heavy atom. The van der Waals surface area contributed by atoms with Gasteiger partial charge in [0.15, 0.2) is 0 Å². The van der Waals surface area contributed by atoms with Gasteiger partial charge >= 0.3 is 5.97 Å². The van der Waals surface area contributed by atoms with E-state index in [-0.39, 0.29) is 11.3 Å². The molecule has 0 radical (unpaired) electrons. The van der Waals surface area contributed by atoms with Crippen LogP contribution in [0.3, 0.4) is 0 Å². The molecule has 0 fully saturated rings. The molecule has 2 aromatic rings. The van der Waals surface area contributed by atoms with Crippen molar-refractivity contribution in [3.05, 3.63) is 23.8 Å². The lowest BCUT2D eigenvalue weighted by molar-refractivity contribution is 0.0693. The molecule has 0 aliphatic heterocycles. The van der Waals surface area contributed by atoms with Crippen molar-refractivity contribution in [1.29, 1.82) is 0 Å². The minimum Gasteiger partial charge on any atom is -0.478 e. The summed E-state index contributed by atoms with van der Waals surface area (Å²) in [4.78, 5) is 11.7. The SMILES string of the molecule is Cn1nnnc1Sc1ccc(N(O)I=O)cc1C(=O)O. The van der Waals surface area contributed by atoms with E-state index >= 15 is 0 Å². The van der Waals surface area contributed by atoms with Gasteiger partial charge < -0.3 is 5.11 Å². The van der Waals surface area contributed by atoms with Gasteiger partial charge in [-0.2, -0.15) is 3.28 Å². The molecular formula is C9H8IN5O4S. The van der Waals surface area contributed by atoms with Crippen molar-refractivity contribution in [1.82, 2.24) is 20.2 Å². The summed E-state index contributed by atoms with van der Waals surface area (Å²) in [5.74, 6) is -1.16. The molecule has 0 aliphatic rings. The minimum atomic E-state index is -1.82. The molecule has 9 nitrogen and oxygen atoms in total. The molecule has 0 aliphatic carbocycles. The Kier molecular flexibility index (Phi) is 4.61. The maximum absolute atomic E-state index is 11.3. The first-order valence-corrected chi connectivity index (χ1v) is 7.73. The van der Waals surface area contributed by atoms with Gasteiger partial charge in [-0.25, -0.2) is 12.5 Å². The molecule has 20 heavy (non-hydrogen) atoms. The molecule has 2 rings (SSSR count). The Bertz CT molecular complexity index is 664. The van der Waals surface area contributed by atoms with Crippen LogP contribution in [-0.4, -0.2) is 36.5 Å². The molecule has 0 spiro atoms. The van der Waals surface area contributed by atoms with Crippen molar-refractivity contribution < 1.29 is 18.2 Å². The van der Waals surface area contributed by atoms with E-state index in [2.05, 4.69) is 15.5 Å². The number of anilines is 1. The first-order chi connectivity index (χ1) is 9.52. The monoisotopic (exact) mass is 409 g/mol. The van der Waals surface area contributed by atoms with Gasteiger partial charge in [-0.3, -0.25) is 5.21 Å². The number of aromatic nitrogens is 4. The van der Waals surface area contributed by atoms with Crippen molar-refractivity contribution in [2.45, 2.75) is 10.1 Å². The number of aromatic carboxylic acids is 1. The maximum atomic E-state index is 11.3. The Morgan fingerprint density at radius 2 is 2.25 bits per heavy atom. The highest BCUT2D eigenvalue weighted by Gasteiger charge is 2.16. The predicted octanol–water partition coefficient (Wildman–Crippen LogP) is 1.49. The fourth-order valence-electron chi connectivity index (χ4n) is 1.33. The number of hydrogen-bond acceptors (Lipinski definition) is 7. The summed E-state index contributed by atoms with van der Waals surface area (Å²) in [7, 11) is 1.63. The van der Waals surface area contributed by atoms with Gasteiger partial charge in [0.2, 0.25) is 5.16 Å². The normalized spacial score (nSPS) is 10.5. The molecule has 0 atom stereocenters. The van der Waals surface area contributed by atoms with Crippen LogP contribution >= 0.6 is 33.2 Å². The molecule has 1 aromatic carbocycles. The van der Waals surface area contributed by atoms with Crippen molar-refractivity contribution >= 4 is 44.9 Å². The Hall–Kier alpha value is -1.60. The lowest BCUT2D eigenvalue weighted by Gasteiger charge is -2.10. The number of rotatable bonds is 5. The zero-order valence-corrected chi connectivity index (χ0v) is 12.9. The van der Waals surface area contributed by atoms with Crippen molar-refractivity contribution in [3.8, 4) is 0 Å². The molecule has 0 saturated heterocycles. The third kappa shape index (κ3) is 3.10. The molecular weight excluding hydrogens is 401 g/mol. The van der Waals surface area contributed by atoms with Crippen molar-refractivity contribution in [2.24, 2.45) is 7.05 Å². The van der Waals surface area contributed by atoms with E-state index in [1.807, 2.05) is 0 Å². The fraction of sp³-hybridized carbons (Fsp3) is 0.111. The van der Waals surface area contributed by atoms with E-state index in [4.69, 9.17) is 0 Å². The molecule has 1 heterocycles. The summed E-state index contributed by atoms with van der Waals surface area (Å²) in [6.07, 6.45) is 0. The molecule has 0 amide bonds. The smallest absolute Gasteiger partial charge is 0.336 e. The quantitative estimate of drug-likeness (QED) is 0.430. The van der Waals surface area contributed by atoms with Gasteiger partial charge in [-0.15, -0.1) is 5.10 Å². The highest BCUT2D eigenvalue weighted by Crippen LogP contribution is 2.32. The highest BCUT2D eigenvalue weighted by molar-refractivity contribution is 14.1. The minimum absolute atomic E-state index is 0.0352. The van der Waals surface area contributed by atoms with Crippen LogP contribution in [-0.2, 0) is 10.1 Å². The molecule has 11 heteroatoms. The van der Waals surface area contributed by atoms with Crippen LogP contribution in [0.2, 0.25) is 0 Å². The van der Waals surface area contributed by atoms with Gasteiger partial charge in [0.25, 0.3) is 21.5 Å². The number of aryl methyl sites for hydroxylation is 1. The summed E-state index contributed by atoms with van der Waals surface area (Å²) in [5, 5.41) is 29.9. The van der Waals surface area contributed by atoms with E-state index in [0.29, 0.717) is 13.3 Å². The molecule has 0 bridgehead atoms. The third-order valence-corrected chi connectivity index (χ3v) is 4.29. The van der Waals surface area contributed by atoms with Crippen LogP contribution in [0.5, 0.6) is 0 Å². The molecule has 0 unspecified atom stereocenters. The van der Waals surface area contributed by atoms with Crippen molar-refractivity contribution in [2.75, 3.05) is 3.28 Å². The van der Waals surface area contributed by atoms with Crippen LogP contribution in [0.15, 0.2) is 28.3 Å². The maximum Gasteiger partial charge on any atom is 0.336 e. The number of carboxylic acids is 1. The van der Waals surface area contributed by atoms with Gasteiger partial charge in [0.05, 0.1) is 11.3 Å². The third-order valence-electron chi connectivity index (χ3n) is 2.25. The number of carboxylic acid groups (broad SMARTS) is 1. The topological polar surface area (TPSA) is 121 Å². The number of benzene rings is 1. The largest absolute Gasteiger partial charge is 0.478 e. The second-order valence-electron chi connectivity index (χ2n) is 3.50. The molecule has 106 valence electrons. The molecule has 0 saturated carbocycles. The van der Waals surface area contributed by atoms with Crippen LogP contribution in [0, 0.1) is 0 Å². The number of halogens is 1. The van der Waals surface area contributed by atoms with Crippen LogP contribution < -0.4 is 3.28 Å². The first kappa shape index (κ1) is 14.8. The predicted molar refractivity (Wildman–Crippen MR) is 75.3 cm³/mol. The summed E-state index contributed by atoms with van der Waals surface area (Å²) < 4.78 is 12.6. The Morgan fingerprint density at radius 3 is 2.80 bits per heavy atom. The first-order valence-electron chi connectivity index (χ1n) is 5.07. The van der Waals surface area contributed by atoms with E-state index < -0.39 is 27.4 Å². The average molecular weight is 409 g/mol. The van der Waals surface area contributed by atoms with E-state index in [1.165, 1.54) is 22.9 Å². The van der Waals surface area contributed by atoms with Gasteiger partial charge in [0, 0.05) is 11.9 Å². The lowest BCUT2D eigenvalue weighted by Crippen LogP contribution is -2.06. The van der Waals surface area contributed by atoms with Crippen LogP contribution in [0.25, 0.3) is 0 Å². The van der Waals surface area contributed by atoms with E-state index in [9.17, 15) is 18.2 Å². The molecule has 1 aromatic heterocycles. The second-order valence-corrected chi connectivity index (χ2v) is 5.82. The van der Waals surface area contributed by atoms with Crippen molar-refractivity contribution in [3.63, 3.8) is 0 Å². The summed E-state index contributed by atoms with van der Waals surface area (Å²) >= 11 is -0.740. The van der Waals surface area contributed by atoms with Crippen LogP contribution in [0.1, 0.15) is 10.4 Å². The zero-order valence-electron chi connectivity index (χ0n) is 9.97. The second kappa shape index (κ2) is 6.23. The summed E-state index contributed by atoms with van der Waals surface area (Å²) in [6.45, 7) is 0. The number of hydrogen-bond donors (Lipinski definition) is 2. The zero-order chi connectivity index (χ0) is 14.7. The standard InChI is InChI=1S/C9H8IN5O4S/c1-14-9(11-12-13-14)20-7-3-2-5(15(19)10-18)4-6(7)8(16)17/h2-4,19H,1H3,(H,16,17). The van der Waals surface area contributed by atoms with E-state index in [0.717, 1.165) is 11.8 Å². The van der Waals surface area contributed by atoms with Gasteiger partial charge in [-0.05, 0) is 40.4 Å². The Balaban J connectivity index is 2.40. The summed E-state index contributed by atoms with van der Waals surface area (Å²) in [5.41, 5.74) is 0.123. The highest BCUT2D eigenvalue weighted by atomic mass is 127. The number of tetrazole rings is 1. The number of nitrogens with zero attached hydrogens (tertiary/aromatic N) is 5. The average Bonchev–Trinajstić information content (AvgIpc) is 2.83. The lowest BCUT2D eigenvalue weighted by atomic mass is 10.2. The summed E-state index contributed by atoms with van der Waals surface area (Å²) in [6, 6.07) is 4.21. The fourth-order valence-corrected chi connectivity index (χ4v) is 2.70. The van der Waals surface area contributed by atoms with Crippen LogP contribution in [0.4, 0.5) is 5.69 Å². The number of carbonyl (C=O) groups is 1.